The van der Waals surface area contributed by atoms with Gasteiger partial charge in [0, 0.05) is 22.1 Å². The van der Waals surface area contributed by atoms with Gasteiger partial charge in [0.25, 0.3) is 10.0 Å². The lowest BCUT2D eigenvalue weighted by atomic mass is 10.2. The van der Waals surface area contributed by atoms with E-state index in [1.54, 1.807) is 54.6 Å². The molecule has 2 N–H and O–H groups in total. The van der Waals surface area contributed by atoms with Gasteiger partial charge in [-0.3, -0.25) is 4.72 Å². The monoisotopic (exact) mass is 383 g/mol. The summed E-state index contributed by atoms with van der Waals surface area (Å²) >= 11 is 5.85. The predicted molar refractivity (Wildman–Crippen MR) is 103 cm³/mol. The largest absolute Gasteiger partial charge is 0.355 e. The highest BCUT2D eigenvalue weighted by atomic mass is 35.5. The highest BCUT2D eigenvalue weighted by molar-refractivity contribution is 7.92. The molecule has 0 saturated carbocycles. The number of hydrogen-bond donors (Lipinski definition) is 2. The van der Waals surface area contributed by atoms with Crippen LogP contribution in [0.4, 0.5) is 17.1 Å². The fourth-order valence-electron chi connectivity index (χ4n) is 2.30. The Balaban J connectivity index is 1.74. The normalized spacial score (nSPS) is 10.8. The van der Waals surface area contributed by atoms with Crippen molar-refractivity contribution in [2.45, 2.75) is 4.90 Å². The van der Waals surface area contributed by atoms with Crippen LogP contribution in [0, 0.1) is 11.3 Å². The van der Waals surface area contributed by atoms with E-state index in [0.29, 0.717) is 16.3 Å². The van der Waals surface area contributed by atoms with Crippen molar-refractivity contribution in [3.63, 3.8) is 0 Å². The van der Waals surface area contributed by atoms with Gasteiger partial charge >= 0.3 is 0 Å². The fourth-order valence-corrected chi connectivity index (χ4v) is 3.66. The molecule has 130 valence electrons. The number of rotatable bonds is 5. The number of nitrogens with zero attached hydrogens (tertiary/aromatic N) is 1. The number of halogens is 1. The summed E-state index contributed by atoms with van der Waals surface area (Å²) in [5.74, 6) is 0. The molecule has 0 bridgehead atoms. The Hall–Kier alpha value is -3.01. The molecule has 0 aliphatic carbocycles. The first-order valence-corrected chi connectivity index (χ1v) is 9.48. The van der Waals surface area contributed by atoms with E-state index >= 15 is 0 Å². The van der Waals surface area contributed by atoms with E-state index in [1.807, 2.05) is 6.07 Å². The quantitative estimate of drug-likeness (QED) is 0.665. The Bertz CT molecular complexity index is 1070. The first kappa shape index (κ1) is 17.8. The lowest BCUT2D eigenvalue weighted by Gasteiger charge is -2.10. The van der Waals surface area contributed by atoms with Crippen molar-refractivity contribution in [3.05, 3.63) is 83.4 Å². The minimum absolute atomic E-state index is 0.0977. The zero-order valence-electron chi connectivity index (χ0n) is 13.5. The van der Waals surface area contributed by atoms with Gasteiger partial charge in [0.1, 0.15) is 0 Å². The van der Waals surface area contributed by atoms with E-state index in [-0.39, 0.29) is 4.90 Å². The van der Waals surface area contributed by atoms with E-state index < -0.39 is 10.0 Å². The number of anilines is 3. The Kier molecular flexibility index (Phi) is 5.12. The zero-order chi connectivity index (χ0) is 18.6. The molecule has 7 heteroatoms. The molecule has 26 heavy (non-hydrogen) atoms. The maximum atomic E-state index is 12.4. The van der Waals surface area contributed by atoms with E-state index in [1.165, 1.54) is 12.1 Å². The zero-order valence-corrected chi connectivity index (χ0v) is 15.1. The third-order valence-corrected chi connectivity index (χ3v) is 5.14. The van der Waals surface area contributed by atoms with Gasteiger partial charge in [-0.2, -0.15) is 5.26 Å². The van der Waals surface area contributed by atoms with Crippen molar-refractivity contribution in [2.75, 3.05) is 10.0 Å². The van der Waals surface area contributed by atoms with Crippen LogP contribution in [-0.2, 0) is 10.0 Å². The number of benzene rings is 3. The molecular formula is C19H14ClN3O2S. The Morgan fingerprint density at radius 3 is 2.23 bits per heavy atom. The predicted octanol–water partition coefficient (Wildman–Crippen LogP) is 4.76. The summed E-state index contributed by atoms with van der Waals surface area (Å²) in [6.07, 6.45) is 0. The van der Waals surface area contributed by atoms with E-state index in [9.17, 15) is 8.42 Å². The summed E-state index contributed by atoms with van der Waals surface area (Å²) in [6, 6.07) is 22.0. The molecule has 0 heterocycles. The van der Waals surface area contributed by atoms with Gasteiger partial charge in [-0.05, 0) is 60.7 Å². The molecule has 0 saturated heterocycles. The molecule has 0 spiro atoms. The van der Waals surface area contributed by atoms with Crippen molar-refractivity contribution >= 4 is 38.7 Å². The third-order valence-electron chi connectivity index (χ3n) is 3.52. The van der Waals surface area contributed by atoms with Gasteiger partial charge in [0.15, 0.2) is 0 Å². The van der Waals surface area contributed by atoms with Crippen LogP contribution in [0.25, 0.3) is 0 Å². The lowest BCUT2D eigenvalue weighted by molar-refractivity contribution is 0.601. The molecule has 0 amide bonds. The standard InChI is InChI=1S/C19H14ClN3O2S/c20-15-4-2-6-19(12-15)26(24,25)23-17-9-7-16(8-10-17)22-18-5-1-3-14(11-18)13-21/h1-12,22-23H. The smallest absolute Gasteiger partial charge is 0.261 e. The van der Waals surface area contributed by atoms with E-state index in [4.69, 9.17) is 16.9 Å². The number of hydrogen-bond acceptors (Lipinski definition) is 4. The minimum atomic E-state index is -3.71. The number of nitriles is 1. The molecule has 3 rings (SSSR count). The highest BCUT2D eigenvalue weighted by Crippen LogP contribution is 2.22. The average molecular weight is 384 g/mol. The van der Waals surface area contributed by atoms with E-state index in [0.717, 1.165) is 11.4 Å². The summed E-state index contributed by atoms with van der Waals surface area (Å²) in [4.78, 5) is 0.0977. The fraction of sp³-hybridized carbons (Fsp3) is 0. The summed E-state index contributed by atoms with van der Waals surface area (Å²) < 4.78 is 27.3. The Morgan fingerprint density at radius 1 is 0.846 bits per heavy atom. The molecular weight excluding hydrogens is 370 g/mol. The van der Waals surface area contributed by atoms with Gasteiger partial charge in [0.2, 0.25) is 0 Å². The maximum Gasteiger partial charge on any atom is 0.261 e. The molecule has 0 aliphatic rings. The van der Waals surface area contributed by atoms with Crippen molar-refractivity contribution in [3.8, 4) is 6.07 Å². The van der Waals surface area contributed by atoms with Crippen LogP contribution in [0.3, 0.4) is 0 Å². The van der Waals surface area contributed by atoms with Gasteiger partial charge in [-0.1, -0.05) is 23.7 Å². The van der Waals surface area contributed by atoms with Gasteiger partial charge in [-0.25, -0.2) is 8.42 Å². The number of nitrogens with one attached hydrogen (secondary N) is 2. The highest BCUT2D eigenvalue weighted by Gasteiger charge is 2.14. The van der Waals surface area contributed by atoms with Crippen molar-refractivity contribution < 1.29 is 8.42 Å². The summed E-state index contributed by atoms with van der Waals surface area (Å²) in [5.41, 5.74) is 2.53. The van der Waals surface area contributed by atoms with Gasteiger partial charge < -0.3 is 5.32 Å². The average Bonchev–Trinajstić information content (AvgIpc) is 2.63. The van der Waals surface area contributed by atoms with Gasteiger partial charge in [-0.15, -0.1) is 0 Å². The second-order valence-corrected chi connectivity index (χ2v) is 7.58. The number of sulfonamides is 1. The summed E-state index contributed by atoms with van der Waals surface area (Å²) in [5, 5.41) is 12.4. The third kappa shape index (κ3) is 4.33. The first-order valence-electron chi connectivity index (χ1n) is 7.62. The summed E-state index contributed by atoms with van der Waals surface area (Å²) in [7, 11) is -3.71. The van der Waals surface area contributed by atoms with Crippen LogP contribution in [0.15, 0.2) is 77.7 Å². The SMILES string of the molecule is N#Cc1cccc(Nc2ccc(NS(=O)(=O)c3cccc(Cl)c3)cc2)c1. The van der Waals surface area contributed by atoms with Crippen LogP contribution >= 0.6 is 11.6 Å². The molecule has 0 atom stereocenters. The van der Waals surface area contributed by atoms with Crippen LogP contribution in [0.1, 0.15) is 5.56 Å². The minimum Gasteiger partial charge on any atom is -0.355 e. The molecule has 0 unspecified atom stereocenters. The molecule has 0 aliphatic heterocycles. The van der Waals surface area contributed by atoms with Crippen LogP contribution in [-0.4, -0.2) is 8.42 Å². The Labute approximate surface area is 156 Å². The molecule has 0 radical (unpaired) electrons. The van der Waals surface area contributed by atoms with Crippen LogP contribution in [0.2, 0.25) is 5.02 Å². The second kappa shape index (κ2) is 7.48. The van der Waals surface area contributed by atoms with E-state index in [2.05, 4.69) is 16.1 Å². The first-order chi connectivity index (χ1) is 12.5. The topological polar surface area (TPSA) is 82.0 Å². The van der Waals surface area contributed by atoms with Crippen molar-refractivity contribution in [1.82, 2.24) is 0 Å². The molecule has 3 aromatic rings. The molecule has 0 fully saturated rings. The molecule has 5 nitrogen and oxygen atoms in total. The van der Waals surface area contributed by atoms with Crippen LogP contribution < -0.4 is 10.0 Å². The lowest BCUT2D eigenvalue weighted by Crippen LogP contribution is -2.12. The Morgan fingerprint density at radius 2 is 1.54 bits per heavy atom. The van der Waals surface area contributed by atoms with Gasteiger partial charge in [0.05, 0.1) is 16.5 Å². The van der Waals surface area contributed by atoms with Crippen molar-refractivity contribution in [1.29, 1.82) is 5.26 Å². The molecule has 3 aromatic carbocycles. The maximum absolute atomic E-state index is 12.4. The second-order valence-electron chi connectivity index (χ2n) is 5.46. The summed E-state index contributed by atoms with van der Waals surface area (Å²) in [6.45, 7) is 0. The van der Waals surface area contributed by atoms with Crippen LogP contribution in [0.5, 0.6) is 0 Å². The van der Waals surface area contributed by atoms with Crippen molar-refractivity contribution in [2.24, 2.45) is 0 Å². The molecule has 0 aromatic heterocycles.